The smallest absolute Gasteiger partial charge is 0.0645 e. The Morgan fingerprint density at radius 3 is 2.33 bits per heavy atom. The summed E-state index contributed by atoms with van der Waals surface area (Å²) in [6.45, 7) is 2.93. The molecule has 2 N–H and O–H groups in total. The molecule has 0 fully saturated rings. The van der Waals surface area contributed by atoms with Crippen LogP contribution in [0.1, 0.15) is 29.7 Å². The van der Waals surface area contributed by atoms with E-state index < -0.39 is 0 Å². The van der Waals surface area contributed by atoms with Crippen LogP contribution in [0.3, 0.4) is 0 Å². The maximum atomic E-state index is 9.68. The standard InChI is InChI=1S/C20H23N3O/c1-2-16-4-8-18(9-5-16)20(15-24)21-14-17-6-10-19(11-7-17)23-13-3-12-22-23/h3-13,20-21,24H,2,14-15H2,1H3. The Morgan fingerprint density at radius 1 is 1.04 bits per heavy atom. The molecular weight excluding hydrogens is 298 g/mol. The molecule has 0 aliphatic heterocycles. The zero-order chi connectivity index (χ0) is 16.8. The first-order valence-electron chi connectivity index (χ1n) is 8.32. The molecule has 1 unspecified atom stereocenters. The summed E-state index contributed by atoms with van der Waals surface area (Å²) < 4.78 is 1.84. The lowest BCUT2D eigenvalue weighted by molar-refractivity contribution is 0.243. The summed E-state index contributed by atoms with van der Waals surface area (Å²) in [5, 5.41) is 17.3. The van der Waals surface area contributed by atoms with Crippen molar-refractivity contribution >= 4 is 0 Å². The average molecular weight is 321 g/mol. The quantitative estimate of drug-likeness (QED) is 0.702. The van der Waals surface area contributed by atoms with Crippen molar-refractivity contribution in [1.82, 2.24) is 15.1 Å². The van der Waals surface area contributed by atoms with Crippen molar-refractivity contribution < 1.29 is 5.11 Å². The molecule has 1 aromatic heterocycles. The maximum absolute atomic E-state index is 9.68. The van der Waals surface area contributed by atoms with Crippen molar-refractivity contribution in [3.05, 3.63) is 83.7 Å². The van der Waals surface area contributed by atoms with Gasteiger partial charge in [-0.15, -0.1) is 0 Å². The van der Waals surface area contributed by atoms with Gasteiger partial charge in [-0.2, -0.15) is 5.10 Å². The molecule has 1 heterocycles. The fraction of sp³-hybridized carbons (Fsp3) is 0.250. The minimum absolute atomic E-state index is 0.0540. The molecule has 24 heavy (non-hydrogen) atoms. The van der Waals surface area contributed by atoms with E-state index >= 15 is 0 Å². The normalized spacial score (nSPS) is 12.2. The zero-order valence-corrected chi connectivity index (χ0v) is 13.9. The molecule has 4 heteroatoms. The van der Waals surface area contributed by atoms with Crippen molar-refractivity contribution in [3.63, 3.8) is 0 Å². The van der Waals surface area contributed by atoms with E-state index in [1.54, 1.807) is 6.20 Å². The molecule has 4 nitrogen and oxygen atoms in total. The van der Waals surface area contributed by atoms with Gasteiger partial charge in [-0.1, -0.05) is 43.3 Å². The van der Waals surface area contributed by atoms with Crippen LogP contribution in [0.2, 0.25) is 0 Å². The Hall–Kier alpha value is -2.43. The second-order valence-electron chi connectivity index (χ2n) is 5.83. The zero-order valence-electron chi connectivity index (χ0n) is 13.9. The molecule has 3 rings (SSSR count). The van der Waals surface area contributed by atoms with Gasteiger partial charge in [0.2, 0.25) is 0 Å². The maximum Gasteiger partial charge on any atom is 0.0645 e. The van der Waals surface area contributed by atoms with Crippen LogP contribution in [0.5, 0.6) is 0 Å². The van der Waals surface area contributed by atoms with Crippen LogP contribution >= 0.6 is 0 Å². The second-order valence-corrected chi connectivity index (χ2v) is 5.83. The highest BCUT2D eigenvalue weighted by atomic mass is 16.3. The molecule has 3 aromatic rings. The topological polar surface area (TPSA) is 50.1 Å². The van der Waals surface area contributed by atoms with Crippen LogP contribution in [0.4, 0.5) is 0 Å². The third-order valence-electron chi connectivity index (χ3n) is 4.23. The first-order valence-corrected chi connectivity index (χ1v) is 8.32. The van der Waals surface area contributed by atoms with Gasteiger partial charge in [-0.05, 0) is 41.3 Å². The fourth-order valence-electron chi connectivity index (χ4n) is 2.70. The number of aliphatic hydroxyl groups is 1. The second kappa shape index (κ2) is 7.90. The van der Waals surface area contributed by atoms with Gasteiger partial charge in [0, 0.05) is 18.9 Å². The van der Waals surface area contributed by atoms with E-state index in [4.69, 9.17) is 0 Å². The summed E-state index contributed by atoms with van der Waals surface area (Å²) in [6.07, 6.45) is 4.72. The Balaban J connectivity index is 1.62. The Bertz CT molecular complexity index is 734. The van der Waals surface area contributed by atoms with Crippen molar-refractivity contribution in [3.8, 4) is 5.69 Å². The van der Waals surface area contributed by atoms with Crippen LogP contribution < -0.4 is 5.32 Å². The lowest BCUT2D eigenvalue weighted by Gasteiger charge is -2.17. The molecule has 2 aromatic carbocycles. The van der Waals surface area contributed by atoms with Crippen molar-refractivity contribution in [2.75, 3.05) is 6.61 Å². The van der Waals surface area contributed by atoms with Gasteiger partial charge in [0.15, 0.2) is 0 Å². The van der Waals surface area contributed by atoms with Gasteiger partial charge in [0.25, 0.3) is 0 Å². The van der Waals surface area contributed by atoms with Crippen LogP contribution in [-0.4, -0.2) is 21.5 Å². The average Bonchev–Trinajstić information content (AvgIpc) is 3.18. The molecule has 0 saturated carbocycles. The monoisotopic (exact) mass is 321 g/mol. The number of nitrogens with zero attached hydrogens (tertiary/aromatic N) is 2. The first-order chi connectivity index (χ1) is 11.8. The predicted octanol–water partition coefficient (Wildman–Crippen LogP) is 3.26. The summed E-state index contributed by atoms with van der Waals surface area (Å²) >= 11 is 0. The molecule has 0 spiro atoms. The van der Waals surface area contributed by atoms with E-state index in [-0.39, 0.29) is 12.6 Å². The molecule has 124 valence electrons. The third-order valence-corrected chi connectivity index (χ3v) is 4.23. The molecular formula is C20H23N3O. The SMILES string of the molecule is CCc1ccc(C(CO)NCc2ccc(-n3cccn3)cc2)cc1. The third kappa shape index (κ3) is 3.91. The van der Waals surface area contributed by atoms with Crippen molar-refractivity contribution in [2.24, 2.45) is 0 Å². The Morgan fingerprint density at radius 2 is 1.75 bits per heavy atom. The summed E-state index contributed by atoms with van der Waals surface area (Å²) in [4.78, 5) is 0. The van der Waals surface area contributed by atoms with Crippen LogP contribution in [0, 0.1) is 0 Å². The number of rotatable bonds is 7. The molecule has 0 aliphatic rings. The van der Waals surface area contributed by atoms with Gasteiger partial charge >= 0.3 is 0 Å². The van der Waals surface area contributed by atoms with Crippen LogP contribution in [-0.2, 0) is 13.0 Å². The Labute approximate surface area is 142 Å². The minimum atomic E-state index is -0.0540. The van der Waals surface area contributed by atoms with Crippen LogP contribution in [0.25, 0.3) is 5.69 Å². The largest absolute Gasteiger partial charge is 0.394 e. The number of benzene rings is 2. The highest BCUT2D eigenvalue weighted by Crippen LogP contribution is 2.15. The molecule has 0 saturated heterocycles. The molecule has 0 radical (unpaired) electrons. The van der Waals surface area contributed by atoms with Gasteiger partial charge in [-0.25, -0.2) is 4.68 Å². The van der Waals surface area contributed by atoms with E-state index in [0.29, 0.717) is 6.54 Å². The highest BCUT2D eigenvalue weighted by Gasteiger charge is 2.09. The first kappa shape index (κ1) is 16.4. The van der Waals surface area contributed by atoms with E-state index in [0.717, 1.165) is 17.7 Å². The summed E-state index contributed by atoms with van der Waals surface area (Å²) in [7, 11) is 0. The van der Waals surface area contributed by atoms with E-state index in [2.05, 4.69) is 53.7 Å². The molecule has 0 bridgehead atoms. The molecule has 0 aliphatic carbocycles. The fourth-order valence-corrected chi connectivity index (χ4v) is 2.70. The number of hydrogen-bond acceptors (Lipinski definition) is 3. The van der Waals surface area contributed by atoms with Gasteiger partial charge in [0.05, 0.1) is 18.3 Å². The minimum Gasteiger partial charge on any atom is -0.394 e. The van der Waals surface area contributed by atoms with Gasteiger partial charge in [-0.3, -0.25) is 0 Å². The number of nitrogens with one attached hydrogen (secondary N) is 1. The summed E-state index contributed by atoms with van der Waals surface area (Å²) in [5.74, 6) is 0. The molecule has 0 amide bonds. The number of hydrogen-bond donors (Lipinski definition) is 2. The van der Waals surface area contributed by atoms with Crippen molar-refractivity contribution in [1.29, 1.82) is 0 Å². The number of aromatic nitrogens is 2. The van der Waals surface area contributed by atoms with E-state index in [1.165, 1.54) is 11.1 Å². The van der Waals surface area contributed by atoms with Crippen molar-refractivity contribution in [2.45, 2.75) is 25.9 Å². The lowest BCUT2D eigenvalue weighted by Crippen LogP contribution is -2.24. The number of aryl methyl sites for hydroxylation is 1. The van der Waals surface area contributed by atoms with Gasteiger partial charge < -0.3 is 10.4 Å². The van der Waals surface area contributed by atoms with E-state index in [1.807, 2.05) is 29.1 Å². The van der Waals surface area contributed by atoms with Crippen LogP contribution in [0.15, 0.2) is 67.0 Å². The number of aliphatic hydroxyl groups excluding tert-OH is 1. The van der Waals surface area contributed by atoms with Gasteiger partial charge in [0.1, 0.15) is 0 Å². The predicted molar refractivity (Wildman–Crippen MR) is 96.1 cm³/mol. The summed E-state index contributed by atoms with van der Waals surface area (Å²) in [5.41, 5.74) is 4.64. The Kier molecular flexibility index (Phi) is 5.41. The highest BCUT2D eigenvalue weighted by molar-refractivity contribution is 5.34. The summed E-state index contributed by atoms with van der Waals surface area (Å²) in [6, 6.07) is 18.5. The van der Waals surface area contributed by atoms with E-state index in [9.17, 15) is 5.11 Å². The molecule has 1 atom stereocenters. The lowest BCUT2D eigenvalue weighted by atomic mass is 10.0.